The van der Waals surface area contributed by atoms with E-state index in [0.29, 0.717) is 12.2 Å². The number of thiophene rings is 1. The summed E-state index contributed by atoms with van der Waals surface area (Å²) in [6.45, 7) is 0.651. The predicted molar refractivity (Wildman–Crippen MR) is 112 cm³/mol. The molecule has 0 aliphatic carbocycles. The smallest absolute Gasteiger partial charge is 0.338 e. The van der Waals surface area contributed by atoms with Gasteiger partial charge in [0.25, 0.3) is 15.9 Å². The monoisotopic (exact) mass is 463 g/mol. The molecule has 31 heavy (non-hydrogen) atoms. The Bertz CT molecular complexity index is 1080. The Morgan fingerprint density at radius 3 is 2.45 bits per heavy atom. The molecule has 2 heterocycles. The lowest BCUT2D eigenvalue weighted by atomic mass is 10.2. The average Bonchev–Trinajstić information content (AvgIpc) is 3.29. The fourth-order valence-electron chi connectivity index (χ4n) is 3.01. The molecule has 1 amide bonds. The van der Waals surface area contributed by atoms with Crippen molar-refractivity contribution in [2.75, 3.05) is 39.9 Å². The lowest BCUT2D eigenvalue weighted by molar-refractivity contribution is -0.134. The zero-order valence-electron chi connectivity index (χ0n) is 16.8. The quantitative estimate of drug-likeness (QED) is 0.571. The third-order valence-electron chi connectivity index (χ3n) is 4.75. The highest BCUT2D eigenvalue weighted by atomic mass is 32.2. The molecule has 0 unspecified atom stereocenters. The lowest BCUT2D eigenvalue weighted by Crippen LogP contribution is -2.51. The molecule has 1 aromatic heterocycles. The van der Waals surface area contributed by atoms with Crippen LogP contribution >= 0.6 is 11.3 Å². The van der Waals surface area contributed by atoms with Crippen molar-refractivity contribution in [3.63, 3.8) is 0 Å². The van der Waals surface area contributed by atoms with Crippen LogP contribution in [0, 0.1) is 11.3 Å². The van der Waals surface area contributed by atoms with Gasteiger partial charge in [0.15, 0.2) is 6.61 Å². The van der Waals surface area contributed by atoms with Gasteiger partial charge in [-0.05, 0) is 23.8 Å². The van der Waals surface area contributed by atoms with Crippen molar-refractivity contribution in [3.05, 3.63) is 46.8 Å². The molecule has 0 N–H and O–H groups in total. The first-order valence-corrected chi connectivity index (χ1v) is 11.7. The van der Waals surface area contributed by atoms with Crippen LogP contribution in [0.25, 0.3) is 0 Å². The minimum atomic E-state index is -3.74. The maximum absolute atomic E-state index is 12.8. The van der Waals surface area contributed by atoms with Gasteiger partial charge < -0.3 is 14.4 Å². The fraction of sp³-hybridized carbons (Fsp3) is 0.350. The van der Waals surface area contributed by atoms with E-state index in [4.69, 9.17) is 10.00 Å². The van der Waals surface area contributed by atoms with Crippen LogP contribution in [0.2, 0.25) is 0 Å². The Morgan fingerprint density at radius 1 is 1.16 bits per heavy atom. The number of esters is 1. The van der Waals surface area contributed by atoms with E-state index in [0.717, 1.165) is 16.9 Å². The van der Waals surface area contributed by atoms with Crippen molar-refractivity contribution < 1.29 is 27.5 Å². The topological polar surface area (TPSA) is 117 Å². The number of hydrogen-bond acceptors (Lipinski definition) is 8. The molecule has 0 radical (unpaired) electrons. The van der Waals surface area contributed by atoms with Crippen LogP contribution in [0.3, 0.4) is 0 Å². The molecule has 164 valence electrons. The van der Waals surface area contributed by atoms with Crippen LogP contribution < -0.4 is 4.74 Å². The number of methoxy groups -OCH3 is 1. The molecule has 1 aromatic carbocycles. The molecule has 1 aliphatic rings. The molecule has 1 saturated heterocycles. The number of benzene rings is 1. The summed E-state index contributed by atoms with van der Waals surface area (Å²) in [6, 6.07) is 10.3. The second kappa shape index (κ2) is 9.91. The summed E-state index contributed by atoms with van der Waals surface area (Å²) in [7, 11) is -2.51. The molecule has 2 aromatic rings. The normalized spacial score (nSPS) is 14.6. The van der Waals surface area contributed by atoms with E-state index in [1.54, 1.807) is 29.2 Å². The van der Waals surface area contributed by atoms with Gasteiger partial charge in [0, 0.05) is 31.6 Å². The summed E-state index contributed by atoms with van der Waals surface area (Å²) in [4.78, 5) is 25.5. The highest BCUT2D eigenvalue weighted by molar-refractivity contribution is 7.91. The van der Waals surface area contributed by atoms with Crippen LogP contribution in [-0.4, -0.2) is 69.4 Å². The van der Waals surface area contributed by atoms with E-state index < -0.39 is 16.0 Å². The summed E-state index contributed by atoms with van der Waals surface area (Å²) in [5.74, 6) is -0.301. The van der Waals surface area contributed by atoms with Crippen molar-refractivity contribution in [3.8, 4) is 11.8 Å². The van der Waals surface area contributed by atoms with E-state index in [2.05, 4.69) is 10.8 Å². The fourth-order valence-corrected chi connectivity index (χ4v) is 5.74. The Morgan fingerprint density at radius 2 is 1.84 bits per heavy atom. The van der Waals surface area contributed by atoms with Crippen molar-refractivity contribution in [1.29, 1.82) is 5.26 Å². The molecule has 1 fully saturated rings. The van der Waals surface area contributed by atoms with Crippen molar-refractivity contribution >= 4 is 33.2 Å². The molecular weight excluding hydrogens is 442 g/mol. The van der Waals surface area contributed by atoms with Gasteiger partial charge in [0.2, 0.25) is 0 Å². The first-order chi connectivity index (χ1) is 14.8. The van der Waals surface area contributed by atoms with Gasteiger partial charge in [-0.2, -0.15) is 9.57 Å². The lowest BCUT2D eigenvalue weighted by Gasteiger charge is -2.33. The number of piperazine rings is 1. The highest BCUT2D eigenvalue weighted by Crippen LogP contribution is 2.25. The van der Waals surface area contributed by atoms with Crippen LogP contribution in [0.4, 0.5) is 0 Å². The number of nitriles is 1. The van der Waals surface area contributed by atoms with Gasteiger partial charge in [0.05, 0.1) is 25.2 Å². The summed E-state index contributed by atoms with van der Waals surface area (Å²) in [5.41, 5.74) is 1.06. The van der Waals surface area contributed by atoms with Gasteiger partial charge >= 0.3 is 5.97 Å². The maximum atomic E-state index is 12.8. The number of ether oxygens (including phenoxy) is 2. The maximum Gasteiger partial charge on any atom is 0.338 e. The van der Waals surface area contributed by atoms with Crippen molar-refractivity contribution in [1.82, 2.24) is 9.21 Å². The minimum absolute atomic E-state index is 0.0656. The van der Waals surface area contributed by atoms with E-state index in [1.807, 2.05) is 0 Å². The first kappa shape index (κ1) is 22.7. The highest BCUT2D eigenvalue weighted by Gasteiger charge is 2.31. The van der Waals surface area contributed by atoms with Crippen molar-refractivity contribution in [2.45, 2.75) is 10.6 Å². The molecule has 0 spiro atoms. The number of carbonyl (C=O) groups is 2. The summed E-state index contributed by atoms with van der Waals surface area (Å²) < 4.78 is 37.1. The zero-order valence-corrected chi connectivity index (χ0v) is 18.4. The molecular formula is C20H21N3O6S2. The number of nitrogens with zero attached hydrogens (tertiary/aromatic N) is 3. The third-order valence-corrected chi connectivity index (χ3v) is 8.06. The van der Waals surface area contributed by atoms with Crippen LogP contribution in [0.1, 0.15) is 15.9 Å². The standard InChI is InChI=1S/C20H21N3O6S2/c1-28-20(25)16-12-19(30-14-16)31(26,27)23-10-8-22(9-11-23)18(24)13-29-17-4-2-15(3-5-17)6-7-21/h2-5,12,14H,6,8-11,13H2,1H3. The summed E-state index contributed by atoms with van der Waals surface area (Å²) in [5, 5.41) is 10.1. The Balaban J connectivity index is 1.52. The third kappa shape index (κ3) is 5.41. The van der Waals surface area contributed by atoms with Gasteiger partial charge in [-0.15, -0.1) is 11.3 Å². The Kier molecular flexibility index (Phi) is 7.27. The molecule has 0 atom stereocenters. The van der Waals surface area contributed by atoms with E-state index in [1.165, 1.54) is 22.9 Å². The first-order valence-electron chi connectivity index (χ1n) is 9.38. The van der Waals surface area contributed by atoms with Crippen LogP contribution in [0.5, 0.6) is 5.75 Å². The Labute approximate surface area is 184 Å². The predicted octanol–water partition coefficient (Wildman–Crippen LogP) is 1.51. The molecule has 3 rings (SSSR count). The van der Waals surface area contributed by atoms with E-state index in [-0.39, 0.29) is 48.5 Å². The number of amides is 1. The number of rotatable bonds is 7. The number of carbonyl (C=O) groups excluding carboxylic acids is 2. The van der Waals surface area contributed by atoms with Gasteiger partial charge in [-0.25, -0.2) is 13.2 Å². The van der Waals surface area contributed by atoms with Crippen LogP contribution in [0.15, 0.2) is 39.9 Å². The second-order valence-electron chi connectivity index (χ2n) is 6.70. The molecule has 11 heteroatoms. The van der Waals surface area contributed by atoms with E-state index >= 15 is 0 Å². The largest absolute Gasteiger partial charge is 0.484 e. The molecule has 9 nitrogen and oxygen atoms in total. The summed E-state index contributed by atoms with van der Waals surface area (Å²) >= 11 is 0.962. The second-order valence-corrected chi connectivity index (χ2v) is 9.77. The number of hydrogen-bond donors (Lipinski definition) is 0. The average molecular weight is 464 g/mol. The van der Waals surface area contributed by atoms with Gasteiger partial charge in [-0.3, -0.25) is 4.79 Å². The van der Waals surface area contributed by atoms with Gasteiger partial charge in [-0.1, -0.05) is 12.1 Å². The number of sulfonamides is 1. The minimum Gasteiger partial charge on any atom is -0.484 e. The van der Waals surface area contributed by atoms with Crippen molar-refractivity contribution in [2.24, 2.45) is 0 Å². The molecule has 1 aliphatic heterocycles. The van der Waals surface area contributed by atoms with Gasteiger partial charge in [0.1, 0.15) is 9.96 Å². The molecule has 0 bridgehead atoms. The Hall–Kier alpha value is -2.94. The van der Waals surface area contributed by atoms with Crippen LogP contribution in [-0.2, 0) is 26.0 Å². The zero-order chi connectivity index (χ0) is 22.4. The van der Waals surface area contributed by atoms with E-state index in [9.17, 15) is 18.0 Å². The molecule has 0 saturated carbocycles. The summed E-state index contributed by atoms with van der Waals surface area (Å²) in [6.07, 6.45) is 0.307. The SMILES string of the molecule is COC(=O)c1csc(S(=O)(=O)N2CCN(C(=O)COc3ccc(CC#N)cc3)CC2)c1.